The van der Waals surface area contributed by atoms with Gasteiger partial charge in [0.2, 0.25) is 5.91 Å². The minimum absolute atomic E-state index is 0.00131. The van der Waals surface area contributed by atoms with Crippen LogP contribution in [0.2, 0.25) is 0 Å². The van der Waals surface area contributed by atoms with Crippen LogP contribution < -0.4 is 15.4 Å². The van der Waals surface area contributed by atoms with E-state index in [4.69, 9.17) is 14.2 Å². The molecule has 0 radical (unpaired) electrons. The van der Waals surface area contributed by atoms with Gasteiger partial charge in [0.05, 0.1) is 13.1 Å². The molecule has 0 saturated heterocycles. The van der Waals surface area contributed by atoms with Gasteiger partial charge in [0.15, 0.2) is 0 Å². The zero-order valence-electron chi connectivity index (χ0n) is 16.7. The number of ether oxygens (including phenoxy) is 3. The van der Waals surface area contributed by atoms with Crippen molar-refractivity contribution in [2.75, 3.05) is 13.1 Å². The Morgan fingerprint density at radius 3 is 2.07 bits per heavy atom. The van der Waals surface area contributed by atoms with Crippen molar-refractivity contribution in [3.05, 3.63) is 29.8 Å². The third-order valence-electron chi connectivity index (χ3n) is 3.10. The molecule has 9 heteroatoms. The van der Waals surface area contributed by atoms with Gasteiger partial charge in [0.1, 0.15) is 17.5 Å². The third kappa shape index (κ3) is 9.56. The van der Waals surface area contributed by atoms with Crippen molar-refractivity contribution in [3.8, 4) is 5.75 Å². The van der Waals surface area contributed by atoms with Crippen molar-refractivity contribution in [2.45, 2.75) is 46.3 Å². The topological polar surface area (TPSA) is 120 Å². The van der Waals surface area contributed by atoms with Crippen molar-refractivity contribution in [2.24, 2.45) is 0 Å². The molecule has 0 heterocycles. The average Bonchev–Trinajstić information content (AvgIpc) is 2.55. The molecule has 1 atom stereocenters. The lowest BCUT2D eigenvalue weighted by molar-refractivity contribution is -0.147. The summed E-state index contributed by atoms with van der Waals surface area (Å²) < 4.78 is 15.2. The fourth-order valence-corrected chi connectivity index (χ4v) is 2.08. The highest BCUT2D eigenvalue weighted by atomic mass is 16.6. The Kier molecular flexibility index (Phi) is 8.43. The summed E-state index contributed by atoms with van der Waals surface area (Å²) in [5.41, 5.74) is -0.0642. The molecular weight excluding hydrogens is 368 g/mol. The fourth-order valence-electron chi connectivity index (χ4n) is 2.08. The maximum atomic E-state index is 11.9. The summed E-state index contributed by atoms with van der Waals surface area (Å²) in [5.74, 6) is -1.09. The second-order valence-corrected chi connectivity index (χ2v) is 6.92. The highest BCUT2D eigenvalue weighted by Gasteiger charge is 2.19. The lowest BCUT2D eigenvalue weighted by Crippen LogP contribution is -2.41. The Hall–Kier alpha value is -3.10. The monoisotopic (exact) mass is 394 g/mol. The van der Waals surface area contributed by atoms with Crippen LogP contribution in [-0.2, 0) is 23.9 Å². The molecule has 0 bridgehead atoms. The Morgan fingerprint density at radius 2 is 1.57 bits per heavy atom. The van der Waals surface area contributed by atoms with E-state index in [2.05, 4.69) is 10.6 Å². The van der Waals surface area contributed by atoms with E-state index < -0.39 is 35.6 Å². The molecule has 2 N–H and O–H groups in total. The van der Waals surface area contributed by atoms with E-state index in [1.165, 1.54) is 13.8 Å². The molecule has 0 spiro atoms. The number of rotatable bonds is 7. The summed E-state index contributed by atoms with van der Waals surface area (Å²) in [5, 5.41) is 4.92. The summed E-state index contributed by atoms with van der Waals surface area (Å²) >= 11 is 0. The van der Waals surface area contributed by atoms with Gasteiger partial charge in [0, 0.05) is 13.8 Å². The first-order valence-electron chi connectivity index (χ1n) is 8.65. The molecule has 28 heavy (non-hydrogen) atoms. The number of hydrogen-bond donors (Lipinski definition) is 2. The highest BCUT2D eigenvalue weighted by Crippen LogP contribution is 2.21. The molecule has 1 aromatic carbocycles. The van der Waals surface area contributed by atoms with Crippen LogP contribution in [0.15, 0.2) is 24.3 Å². The summed E-state index contributed by atoms with van der Waals surface area (Å²) in [6.07, 6.45) is -1.45. The van der Waals surface area contributed by atoms with E-state index in [-0.39, 0.29) is 13.1 Å². The van der Waals surface area contributed by atoms with Gasteiger partial charge in [-0.2, -0.15) is 0 Å². The molecule has 2 amide bonds. The summed E-state index contributed by atoms with van der Waals surface area (Å²) in [6.45, 7) is 7.40. The van der Waals surface area contributed by atoms with E-state index in [9.17, 15) is 19.2 Å². The van der Waals surface area contributed by atoms with Crippen molar-refractivity contribution in [1.29, 1.82) is 0 Å². The number of benzene rings is 1. The lowest BCUT2D eigenvalue weighted by Gasteiger charge is -2.20. The number of hydrogen-bond acceptors (Lipinski definition) is 7. The molecule has 1 rings (SSSR count). The average molecular weight is 394 g/mol. The van der Waals surface area contributed by atoms with Crippen LogP contribution in [0.4, 0.5) is 4.79 Å². The predicted molar refractivity (Wildman–Crippen MR) is 99.5 cm³/mol. The van der Waals surface area contributed by atoms with E-state index in [1.807, 2.05) is 0 Å². The maximum absolute atomic E-state index is 11.9. The first-order valence-corrected chi connectivity index (χ1v) is 8.65. The van der Waals surface area contributed by atoms with Crippen LogP contribution in [0.3, 0.4) is 0 Å². The Balaban J connectivity index is 2.61. The van der Waals surface area contributed by atoms with Crippen LogP contribution >= 0.6 is 0 Å². The van der Waals surface area contributed by atoms with Crippen molar-refractivity contribution < 1.29 is 33.4 Å². The Bertz CT molecular complexity index is 708. The molecule has 0 aliphatic heterocycles. The Labute approximate surface area is 163 Å². The summed E-state index contributed by atoms with van der Waals surface area (Å²) in [6, 6.07) is 6.35. The normalized spacial score (nSPS) is 11.8. The minimum Gasteiger partial charge on any atom is -0.456 e. The van der Waals surface area contributed by atoms with Crippen LogP contribution in [0.5, 0.6) is 5.75 Å². The van der Waals surface area contributed by atoms with Crippen molar-refractivity contribution >= 4 is 23.9 Å². The first-order chi connectivity index (χ1) is 13.0. The van der Waals surface area contributed by atoms with Gasteiger partial charge < -0.3 is 24.8 Å². The third-order valence-corrected chi connectivity index (χ3v) is 3.10. The predicted octanol–water partition coefficient (Wildman–Crippen LogP) is 1.86. The molecule has 9 nitrogen and oxygen atoms in total. The standard InChI is InChI=1S/C19H26N2O7/c1-12(22)26-15-8-6-14(7-9-15)16(27-13(2)23)10-20-17(24)11-21-18(25)28-19(3,4)5/h6-9,16H,10-11H2,1-5H3,(H,20,24)(H,21,25). The first kappa shape index (κ1) is 22.9. The van der Waals surface area contributed by atoms with Crippen LogP contribution in [0.1, 0.15) is 46.3 Å². The van der Waals surface area contributed by atoms with Gasteiger partial charge in [-0.3, -0.25) is 14.4 Å². The van der Waals surface area contributed by atoms with E-state index in [0.717, 1.165) is 0 Å². The second kappa shape index (κ2) is 10.3. The summed E-state index contributed by atoms with van der Waals surface area (Å²) in [4.78, 5) is 45.8. The summed E-state index contributed by atoms with van der Waals surface area (Å²) in [7, 11) is 0. The van der Waals surface area contributed by atoms with Crippen molar-refractivity contribution in [1.82, 2.24) is 10.6 Å². The van der Waals surface area contributed by atoms with Crippen LogP contribution in [0, 0.1) is 0 Å². The zero-order chi connectivity index (χ0) is 21.3. The molecule has 0 saturated carbocycles. The Morgan fingerprint density at radius 1 is 0.964 bits per heavy atom. The van der Waals surface area contributed by atoms with Gasteiger partial charge in [0.25, 0.3) is 0 Å². The highest BCUT2D eigenvalue weighted by molar-refractivity contribution is 5.82. The number of carbonyl (C=O) groups excluding carboxylic acids is 4. The molecule has 154 valence electrons. The zero-order valence-corrected chi connectivity index (χ0v) is 16.7. The number of amides is 2. The van der Waals surface area contributed by atoms with Gasteiger partial charge in [-0.15, -0.1) is 0 Å². The van der Waals surface area contributed by atoms with Crippen molar-refractivity contribution in [3.63, 3.8) is 0 Å². The minimum atomic E-state index is -0.741. The number of esters is 2. The van der Waals surface area contributed by atoms with E-state index in [1.54, 1.807) is 45.0 Å². The molecule has 0 aromatic heterocycles. The van der Waals surface area contributed by atoms with Gasteiger partial charge in [-0.1, -0.05) is 12.1 Å². The molecule has 0 aliphatic rings. The number of nitrogens with one attached hydrogen (secondary N) is 2. The van der Waals surface area contributed by atoms with Crippen LogP contribution in [-0.4, -0.2) is 42.6 Å². The number of alkyl carbamates (subject to hydrolysis) is 1. The van der Waals surface area contributed by atoms with Gasteiger partial charge in [-0.25, -0.2) is 4.79 Å². The maximum Gasteiger partial charge on any atom is 0.408 e. The lowest BCUT2D eigenvalue weighted by atomic mass is 10.1. The quantitative estimate of drug-likeness (QED) is 0.535. The largest absolute Gasteiger partial charge is 0.456 e. The SMILES string of the molecule is CC(=O)Oc1ccc(C(CNC(=O)CNC(=O)OC(C)(C)C)OC(C)=O)cc1. The van der Waals surface area contributed by atoms with E-state index >= 15 is 0 Å². The molecular formula is C19H26N2O7. The van der Waals surface area contributed by atoms with Crippen LogP contribution in [0.25, 0.3) is 0 Å². The van der Waals surface area contributed by atoms with Gasteiger partial charge >= 0.3 is 18.0 Å². The fraction of sp³-hybridized carbons (Fsp3) is 0.474. The molecule has 0 aliphatic carbocycles. The van der Waals surface area contributed by atoms with Gasteiger partial charge in [-0.05, 0) is 38.5 Å². The second-order valence-electron chi connectivity index (χ2n) is 6.92. The smallest absolute Gasteiger partial charge is 0.408 e. The molecule has 1 unspecified atom stereocenters. The van der Waals surface area contributed by atoms with E-state index in [0.29, 0.717) is 11.3 Å². The number of carbonyl (C=O) groups is 4. The molecule has 1 aromatic rings. The molecule has 0 fully saturated rings.